The minimum Gasteiger partial charge on any atom is -0.490 e. The van der Waals surface area contributed by atoms with Gasteiger partial charge in [0.25, 0.3) is 0 Å². The van der Waals surface area contributed by atoms with Gasteiger partial charge in [0.2, 0.25) is 0 Å². The van der Waals surface area contributed by atoms with E-state index in [0.29, 0.717) is 5.75 Å². The van der Waals surface area contributed by atoms with E-state index in [1.54, 1.807) is 12.1 Å². The zero-order valence-electron chi connectivity index (χ0n) is 11.5. The van der Waals surface area contributed by atoms with Crippen LogP contribution in [0.4, 0.5) is 11.4 Å². The Morgan fingerprint density at radius 2 is 1.89 bits per heavy atom. The summed E-state index contributed by atoms with van der Waals surface area (Å²) in [6, 6.07) is 3.37. The fraction of sp³-hybridized carbons (Fsp3) is 0.538. The minimum atomic E-state index is -0.403. The highest BCUT2D eigenvalue weighted by Gasteiger charge is 2.22. The van der Waals surface area contributed by atoms with Gasteiger partial charge < -0.3 is 14.5 Å². The van der Waals surface area contributed by atoms with Gasteiger partial charge in [0.1, 0.15) is 0 Å². The molecule has 19 heavy (non-hydrogen) atoms. The molecule has 1 aliphatic rings. The van der Waals surface area contributed by atoms with Crippen molar-refractivity contribution in [1.82, 2.24) is 4.90 Å². The second kappa shape index (κ2) is 5.44. The Hall–Kier alpha value is -1.82. The van der Waals surface area contributed by atoms with Crippen LogP contribution in [0.1, 0.15) is 5.56 Å². The van der Waals surface area contributed by atoms with E-state index >= 15 is 0 Å². The summed E-state index contributed by atoms with van der Waals surface area (Å²) < 4.78 is 5.14. The third-order valence-corrected chi connectivity index (χ3v) is 3.54. The molecule has 1 aromatic carbocycles. The number of nitro benzene ring substituents is 1. The van der Waals surface area contributed by atoms with Gasteiger partial charge in [0.05, 0.1) is 12.0 Å². The molecule has 0 radical (unpaired) electrons. The van der Waals surface area contributed by atoms with Gasteiger partial charge in [-0.05, 0) is 19.5 Å². The van der Waals surface area contributed by atoms with Crippen molar-refractivity contribution in [2.24, 2.45) is 0 Å². The molecule has 0 aromatic heterocycles. The van der Waals surface area contributed by atoms with Crippen molar-refractivity contribution in [3.63, 3.8) is 0 Å². The average Bonchev–Trinajstić information content (AvgIpc) is 2.39. The predicted molar refractivity (Wildman–Crippen MR) is 74.1 cm³/mol. The van der Waals surface area contributed by atoms with Gasteiger partial charge >= 0.3 is 5.69 Å². The Bertz CT molecular complexity index is 482. The van der Waals surface area contributed by atoms with Crippen molar-refractivity contribution in [2.75, 3.05) is 45.2 Å². The Labute approximate surface area is 112 Å². The molecule has 0 amide bonds. The van der Waals surface area contributed by atoms with Gasteiger partial charge in [0.15, 0.2) is 5.75 Å². The van der Waals surface area contributed by atoms with E-state index in [0.717, 1.165) is 37.4 Å². The van der Waals surface area contributed by atoms with E-state index in [1.807, 2.05) is 6.92 Å². The maximum Gasteiger partial charge on any atom is 0.311 e. The Morgan fingerprint density at radius 1 is 1.26 bits per heavy atom. The lowest BCUT2D eigenvalue weighted by atomic mass is 10.1. The summed E-state index contributed by atoms with van der Waals surface area (Å²) >= 11 is 0. The van der Waals surface area contributed by atoms with Crippen molar-refractivity contribution >= 4 is 11.4 Å². The molecule has 1 fully saturated rings. The van der Waals surface area contributed by atoms with E-state index in [2.05, 4.69) is 16.8 Å². The van der Waals surface area contributed by atoms with Crippen molar-refractivity contribution in [3.8, 4) is 5.75 Å². The zero-order valence-corrected chi connectivity index (χ0v) is 11.5. The molecule has 0 aliphatic carbocycles. The number of nitrogens with zero attached hydrogens (tertiary/aromatic N) is 3. The average molecular weight is 265 g/mol. The van der Waals surface area contributed by atoms with Crippen LogP contribution in [-0.4, -0.2) is 50.2 Å². The van der Waals surface area contributed by atoms with Gasteiger partial charge in [-0.3, -0.25) is 10.1 Å². The van der Waals surface area contributed by atoms with Crippen LogP contribution in [0.5, 0.6) is 5.75 Å². The fourth-order valence-corrected chi connectivity index (χ4v) is 2.36. The maximum atomic E-state index is 11.0. The van der Waals surface area contributed by atoms with Crippen LogP contribution in [0, 0.1) is 17.0 Å². The largest absolute Gasteiger partial charge is 0.490 e. The van der Waals surface area contributed by atoms with Crippen LogP contribution in [0.25, 0.3) is 0 Å². The van der Waals surface area contributed by atoms with Crippen LogP contribution in [-0.2, 0) is 0 Å². The molecule has 1 aliphatic heterocycles. The van der Waals surface area contributed by atoms with Crippen molar-refractivity contribution in [2.45, 2.75) is 6.92 Å². The first kappa shape index (κ1) is 13.6. The number of piperazine rings is 1. The summed E-state index contributed by atoms with van der Waals surface area (Å²) in [6.07, 6.45) is 0. The number of likely N-dealkylation sites (N-methyl/N-ethyl adjacent to an activating group) is 1. The highest BCUT2D eigenvalue weighted by Crippen LogP contribution is 2.34. The molecule has 6 nitrogen and oxygen atoms in total. The van der Waals surface area contributed by atoms with Gasteiger partial charge in [-0.25, -0.2) is 0 Å². The second-order valence-corrected chi connectivity index (χ2v) is 4.86. The van der Waals surface area contributed by atoms with Crippen LogP contribution >= 0.6 is 0 Å². The summed E-state index contributed by atoms with van der Waals surface area (Å²) in [4.78, 5) is 15.1. The molecule has 0 N–H and O–H groups in total. The quantitative estimate of drug-likeness (QED) is 0.614. The highest BCUT2D eigenvalue weighted by molar-refractivity contribution is 5.64. The van der Waals surface area contributed by atoms with E-state index in [-0.39, 0.29) is 5.69 Å². The van der Waals surface area contributed by atoms with Crippen LogP contribution < -0.4 is 9.64 Å². The lowest BCUT2D eigenvalue weighted by Crippen LogP contribution is -2.44. The Balaban J connectivity index is 2.33. The standard InChI is InChI=1S/C13H19N3O3/c1-10-8-12(16(17)18)13(19-3)9-11(10)15-6-4-14(2)5-7-15/h8-9H,4-7H2,1-3H3. The summed E-state index contributed by atoms with van der Waals surface area (Å²) in [5.41, 5.74) is 1.96. The number of nitro groups is 1. The molecule has 0 atom stereocenters. The summed E-state index contributed by atoms with van der Waals surface area (Å²) in [5.74, 6) is 0.324. The predicted octanol–water partition coefficient (Wildman–Crippen LogP) is 1.66. The van der Waals surface area contributed by atoms with Gasteiger partial charge in [-0.1, -0.05) is 0 Å². The zero-order chi connectivity index (χ0) is 14.0. The molecule has 0 spiro atoms. The maximum absolute atomic E-state index is 11.0. The first-order chi connectivity index (χ1) is 9.02. The number of methoxy groups -OCH3 is 1. The minimum absolute atomic E-state index is 0.0258. The third kappa shape index (κ3) is 2.78. The molecule has 104 valence electrons. The normalized spacial score (nSPS) is 16.5. The van der Waals surface area contributed by atoms with Gasteiger partial charge in [-0.15, -0.1) is 0 Å². The van der Waals surface area contributed by atoms with Crippen LogP contribution in [0.3, 0.4) is 0 Å². The highest BCUT2D eigenvalue weighted by atomic mass is 16.6. The van der Waals surface area contributed by atoms with Crippen molar-refractivity contribution in [1.29, 1.82) is 0 Å². The van der Waals surface area contributed by atoms with E-state index in [1.165, 1.54) is 7.11 Å². The number of aryl methyl sites for hydroxylation is 1. The van der Waals surface area contributed by atoms with E-state index in [9.17, 15) is 10.1 Å². The lowest BCUT2D eigenvalue weighted by Gasteiger charge is -2.35. The molecular weight excluding hydrogens is 246 g/mol. The lowest BCUT2D eigenvalue weighted by molar-refractivity contribution is -0.385. The fourth-order valence-electron chi connectivity index (χ4n) is 2.36. The molecule has 1 saturated heterocycles. The number of hydrogen-bond donors (Lipinski definition) is 0. The SMILES string of the molecule is COc1cc(N2CCN(C)CC2)c(C)cc1[N+](=O)[O-]. The number of hydrogen-bond acceptors (Lipinski definition) is 5. The monoisotopic (exact) mass is 265 g/mol. The Kier molecular flexibility index (Phi) is 3.90. The third-order valence-electron chi connectivity index (χ3n) is 3.54. The molecule has 2 rings (SSSR count). The van der Waals surface area contributed by atoms with Crippen molar-refractivity contribution in [3.05, 3.63) is 27.8 Å². The molecule has 1 heterocycles. The number of anilines is 1. The number of rotatable bonds is 3. The number of ether oxygens (including phenoxy) is 1. The first-order valence-electron chi connectivity index (χ1n) is 6.29. The molecular formula is C13H19N3O3. The molecule has 6 heteroatoms. The molecule has 0 bridgehead atoms. The van der Waals surface area contributed by atoms with E-state index in [4.69, 9.17) is 4.74 Å². The van der Waals surface area contributed by atoms with Crippen molar-refractivity contribution < 1.29 is 9.66 Å². The first-order valence-corrected chi connectivity index (χ1v) is 6.29. The smallest absolute Gasteiger partial charge is 0.311 e. The van der Waals surface area contributed by atoms with Gasteiger partial charge in [0, 0.05) is 44.0 Å². The molecule has 1 aromatic rings. The second-order valence-electron chi connectivity index (χ2n) is 4.86. The number of benzene rings is 1. The van der Waals surface area contributed by atoms with Crippen LogP contribution in [0.2, 0.25) is 0 Å². The summed E-state index contributed by atoms with van der Waals surface area (Å²) in [7, 11) is 3.56. The topological polar surface area (TPSA) is 58.8 Å². The summed E-state index contributed by atoms with van der Waals surface area (Å²) in [6.45, 7) is 5.76. The van der Waals surface area contributed by atoms with E-state index < -0.39 is 4.92 Å². The molecule has 0 saturated carbocycles. The summed E-state index contributed by atoms with van der Waals surface area (Å²) in [5, 5.41) is 11.0. The Morgan fingerprint density at radius 3 is 2.42 bits per heavy atom. The van der Waals surface area contributed by atoms with Crippen LogP contribution in [0.15, 0.2) is 12.1 Å². The van der Waals surface area contributed by atoms with Gasteiger partial charge in [-0.2, -0.15) is 0 Å². The molecule has 0 unspecified atom stereocenters.